The molecule has 0 spiro atoms. The summed E-state index contributed by atoms with van der Waals surface area (Å²) in [6.07, 6.45) is 0.937. The number of benzene rings is 1. The summed E-state index contributed by atoms with van der Waals surface area (Å²) in [7, 11) is 0. The normalized spacial score (nSPS) is 26.9. The molecule has 130 valence electrons. The highest BCUT2D eigenvalue weighted by Crippen LogP contribution is 2.26. The van der Waals surface area contributed by atoms with Crippen LogP contribution in [0.1, 0.15) is 12.8 Å². The van der Waals surface area contributed by atoms with Gasteiger partial charge in [0.05, 0.1) is 23.7 Å². The van der Waals surface area contributed by atoms with Crippen molar-refractivity contribution in [1.82, 2.24) is 5.32 Å². The molecule has 2 heterocycles. The van der Waals surface area contributed by atoms with Crippen LogP contribution in [0.25, 0.3) is 0 Å². The van der Waals surface area contributed by atoms with Crippen LogP contribution in [0.5, 0.6) is 0 Å². The van der Waals surface area contributed by atoms with Gasteiger partial charge in [0.2, 0.25) is 11.8 Å². The molecular weight excluding hydrogens is 337 g/mol. The maximum atomic E-state index is 13.6. The maximum Gasteiger partial charge on any atom is 0.249 e. The predicted molar refractivity (Wildman–Crippen MR) is 87.2 cm³/mol. The number of ether oxygens (including phenoxy) is 1. The second kappa shape index (κ2) is 7.04. The largest absolute Gasteiger partial charge is 0.376 e. The van der Waals surface area contributed by atoms with Crippen molar-refractivity contribution in [3.8, 4) is 0 Å². The number of hydrogen-bond donors (Lipinski definition) is 2. The van der Waals surface area contributed by atoms with Crippen LogP contribution in [0, 0.1) is 11.7 Å². The first-order chi connectivity index (χ1) is 11.5. The minimum Gasteiger partial charge on any atom is -0.376 e. The summed E-state index contributed by atoms with van der Waals surface area (Å²) in [5.74, 6) is -1.31. The van der Waals surface area contributed by atoms with Crippen LogP contribution in [-0.2, 0) is 14.3 Å². The number of nitrogens with two attached hydrogens (primary N) is 1. The van der Waals surface area contributed by atoms with Crippen molar-refractivity contribution in [2.24, 2.45) is 11.7 Å². The van der Waals surface area contributed by atoms with Crippen LogP contribution < -0.4 is 16.0 Å². The molecule has 1 aromatic carbocycles. The monoisotopic (exact) mass is 355 g/mol. The van der Waals surface area contributed by atoms with Gasteiger partial charge < -0.3 is 20.7 Å². The van der Waals surface area contributed by atoms with Gasteiger partial charge >= 0.3 is 0 Å². The van der Waals surface area contributed by atoms with Gasteiger partial charge in [-0.25, -0.2) is 4.39 Å². The lowest BCUT2D eigenvalue weighted by Crippen LogP contribution is -2.44. The highest BCUT2D eigenvalue weighted by Gasteiger charge is 2.37. The zero-order valence-electron chi connectivity index (χ0n) is 13.0. The molecular formula is C16H19ClFN3O3. The number of carbonyl (C=O) groups excluding carboxylic acids is 2. The van der Waals surface area contributed by atoms with E-state index in [9.17, 15) is 14.0 Å². The Morgan fingerprint density at radius 2 is 2.29 bits per heavy atom. The van der Waals surface area contributed by atoms with Crippen LogP contribution in [0.2, 0.25) is 5.02 Å². The van der Waals surface area contributed by atoms with Gasteiger partial charge in [-0.1, -0.05) is 11.6 Å². The smallest absolute Gasteiger partial charge is 0.249 e. The fraction of sp³-hybridized carbons (Fsp3) is 0.500. The van der Waals surface area contributed by atoms with Gasteiger partial charge in [-0.2, -0.15) is 0 Å². The van der Waals surface area contributed by atoms with Crippen molar-refractivity contribution >= 4 is 29.1 Å². The van der Waals surface area contributed by atoms with Gasteiger partial charge in [-0.3, -0.25) is 9.59 Å². The first-order valence-electron chi connectivity index (χ1n) is 7.88. The molecule has 0 aliphatic carbocycles. The Morgan fingerprint density at radius 3 is 2.96 bits per heavy atom. The van der Waals surface area contributed by atoms with E-state index >= 15 is 0 Å². The Kier molecular flexibility index (Phi) is 5.03. The second-order valence-electron chi connectivity index (χ2n) is 6.06. The Hall–Kier alpha value is -1.70. The third-order valence-electron chi connectivity index (χ3n) is 4.45. The predicted octanol–water partition coefficient (Wildman–Crippen LogP) is 1.06. The first-order valence-corrected chi connectivity index (χ1v) is 8.26. The van der Waals surface area contributed by atoms with Crippen molar-refractivity contribution in [2.75, 3.05) is 24.6 Å². The molecule has 24 heavy (non-hydrogen) atoms. The molecule has 3 rings (SSSR count). The minimum atomic E-state index is -0.604. The van der Waals surface area contributed by atoms with Gasteiger partial charge in [0.1, 0.15) is 11.9 Å². The van der Waals surface area contributed by atoms with Crippen molar-refractivity contribution in [3.63, 3.8) is 0 Å². The topological polar surface area (TPSA) is 84.7 Å². The van der Waals surface area contributed by atoms with Gasteiger partial charge in [-0.05, 0) is 31.0 Å². The fourth-order valence-corrected chi connectivity index (χ4v) is 3.18. The zero-order valence-corrected chi connectivity index (χ0v) is 13.8. The molecule has 0 bridgehead atoms. The molecule has 1 aromatic rings. The van der Waals surface area contributed by atoms with E-state index in [0.717, 1.165) is 0 Å². The van der Waals surface area contributed by atoms with Crippen molar-refractivity contribution < 1.29 is 18.7 Å². The van der Waals surface area contributed by atoms with Crippen molar-refractivity contribution in [3.05, 3.63) is 29.0 Å². The Bertz CT molecular complexity index is 657. The number of halogens is 2. The molecule has 6 nitrogen and oxygen atoms in total. The summed E-state index contributed by atoms with van der Waals surface area (Å²) in [4.78, 5) is 26.2. The van der Waals surface area contributed by atoms with E-state index in [2.05, 4.69) is 5.32 Å². The molecule has 0 radical (unpaired) electrons. The number of amides is 2. The third-order valence-corrected chi connectivity index (χ3v) is 4.76. The third kappa shape index (κ3) is 3.38. The van der Waals surface area contributed by atoms with Gasteiger partial charge in [0.25, 0.3) is 0 Å². The van der Waals surface area contributed by atoms with Crippen LogP contribution in [-0.4, -0.2) is 43.7 Å². The summed E-state index contributed by atoms with van der Waals surface area (Å²) in [6.45, 7) is 1.11. The molecule has 0 aromatic heterocycles. The molecule has 8 heteroatoms. The average molecular weight is 356 g/mol. The first kappa shape index (κ1) is 17.1. The number of anilines is 1. The van der Waals surface area contributed by atoms with E-state index in [1.54, 1.807) is 6.07 Å². The molecule has 3 N–H and O–H groups in total. The number of carbonyl (C=O) groups is 2. The molecule has 2 amide bonds. The summed E-state index contributed by atoms with van der Waals surface area (Å²) in [5.41, 5.74) is 5.97. The molecule has 2 aliphatic heterocycles. The number of hydrogen-bond acceptors (Lipinski definition) is 4. The number of nitrogens with one attached hydrogen (secondary N) is 1. The number of rotatable bonds is 4. The standard InChI is InChI=1S/C16H19ClFN3O3/c17-12-2-1-10(6-13(12)18)21-4-3-14(16(21)23)20-15(22)9-5-11(7-19)24-8-9/h1-2,6,9,11,14H,3-5,7-8,19H2,(H,20,22)/t9-,11-,14?/m0/s1. The Balaban J connectivity index is 1.62. The minimum absolute atomic E-state index is 0.00550. The highest BCUT2D eigenvalue weighted by molar-refractivity contribution is 6.30. The Labute approximate surface area is 144 Å². The van der Waals surface area contributed by atoms with Crippen LogP contribution in [0.3, 0.4) is 0 Å². The average Bonchev–Trinajstić information content (AvgIpc) is 3.18. The molecule has 2 fully saturated rings. The fourth-order valence-electron chi connectivity index (χ4n) is 3.07. The van der Waals surface area contributed by atoms with E-state index in [1.807, 2.05) is 0 Å². The van der Waals surface area contributed by atoms with Gasteiger partial charge in [-0.15, -0.1) is 0 Å². The summed E-state index contributed by atoms with van der Waals surface area (Å²) < 4.78 is 19.0. The van der Waals surface area contributed by atoms with E-state index in [-0.39, 0.29) is 28.9 Å². The molecule has 2 aliphatic rings. The molecule has 0 saturated carbocycles. The summed E-state index contributed by atoms with van der Waals surface area (Å²) in [6, 6.07) is 3.62. The van der Waals surface area contributed by atoms with Gasteiger partial charge in [0.15, 0.2) is 0 Å². The second-order valence-corrected chi connectivity index (χ2v) is 6.47. The molecule has 2 saturated heterocycles. The van der Waals surface area contributed by atoms with Crippen molar-refractivity contribution in [2.45, 2.75) is 25.0 Å². The number of nitrogens with zero attached hydrogens (tertiary/aromatic N) is 1. The van der Waals surface area contributed by atoms with Crippen LogP contribution in [0.4, 0.5) is 10.1 Å². The quantitative estimate of drug-likeness (QED) is 0.846. The lowest BCUT2D eigenvalue weighted by Gasteiger charge is -2.18. The van der Waals surface area contributed by atoms with Gasteiger partial charge in [0, 0.05) is 18.8 Å². The van der Waals surface area contributed by atoms with E-state index in [1.165, 1.54) is 17.0 Å². The maximum absolute atomic E-state index is 13.6. The molecule has 3 atom stereocenters. The zero-order chi connectivity index (χ0) is 17.3. The highest BCUT2D eigenvalue weighted by atomic mass is 35.5. The summed E-state index contributed by atoms with van der Waals surface area (Å²) in [5, 5.41) is 2.78. The summed E-state index contributed by atoms with van der Waals surface area (Å²) >= 11 is 5.66. The van der Waals surface area contributed by atoms with Crippen LogP contribution in [0.15, 0.2) is 18.2 Å². The molecule has 1 unspecified atom stereocenters. The van der Waals surface area contributed by atoms with E-state index < -0.39 is 11.9 Å². The van der Waals surface area contributed by atoms with Crippen molar-refractivity contribution in [1.29, 1.82) is 0 Å². The van der Waals surface area contributed by atoms with E-state index in [4.69, 9.17) is 22.1 Å². The van der Waals surface area contributed by atoms with E-state index in [0.29, 0.717) is 38.2 Å². The van der Waals surface area contributed by atoms with Crippen LogP contribution >= 0.6 is 11.6 Å². The lowest BCUT2D eigenvalue weighted by atomic mass is 10.0. The Morgan fingerprint density at radius 1 is 1.50 bits per heavy atom. The SMILES string of the molecule is NC[C@@H]1C[C@H](C(=O)NC2CCN(c3ccc(Cl)c(F)c3)C2=O)CO1. The lowest BCUT2D eigenvalue weighted by molar-refractivity contribution is -0.129.